The monoisotopic (exact) mass is 382 g/mol. The first-order valence-electron chi connectivity index (χ1n) is 8.11. The fourth-order valence-corrected chi connectivity index (χ4v) is 4.13. The Labute approximate surface area is 151 Å². The number of nitrogens with zero attached hydrogens (tertiary/aromatic N) is 3. The predicted molar refractivity (Wildman–Crippen MR) is 97.0 cm³/mol. The Kier molecular flexibility index (Phi) is 5.38. The van der Waals surface area contributed by atoms with Gasteiger partial charge in [0.2, 0.25) is 10.0 Å². The van der Waals surface area contributed by atoms with E-state index >= 15 is 0 Å². The third kappa shape index (κ3) is 4.97. The Hall–Kier alpha value is -1.55. The minimum atomic E-state index is -3.22. The van der Waals surface area contributed by atoms with Gasteiger partial charge in [-0.15, -0.1) is 11.3 Å². The average Bonchev–Trinajstić information content (AvgIpc) is 3.08. The Balaban J connectivity index is 1.67. The summed E-state index contributed by atoms with van der Waals surface area (Å²) in [4.78, 5) is 14.6. The summed E-state index contributed by atoms with van der Waals surface area (Å²) >= 11 is 1.49. The average molecular weight is 383 g/mol. The van der Waals surface area contributed by atoms with Gasteiger partial charge in [0.25, 0.3) is 0 Å². The largest absolute Gasteiger partial charge is 0.294 e. The molecule has 1 aliphatic heterocycles. The van der Waals surface area contributed by atoms with Crippen molar-refractivity contribution >= 4 is 27.1 Å². The highest BCUT2D eigenvalue weighted by molar-refractivity contribution is 7.88. The molecular weight excluding hydrogens is 360 g/mol. The quantitative estimate of drug-likeness (QED) is 0.767. The van der Waals surface area contributed by atoms with Gasteiger partial charge in [-0.25, -0.2) is 13.1 Å². The van der Waals surface area contributed by atoms with Gasteiger partial charge >= 0.3 is 0 Å². The highest BCUT2D eigenvalue weighted by Gasteiger charge is 2.18. The number of carbonyl (C=O) groups excluding carboxylic acids is 1. The lowest BCUT2D eigenvalue weighted by Crippen LogP contribution is -2.22. The Morgan fingerprint density at radius 3 is 2.84 bits per heavy atom. The Morgan fingerprint density at radius 2 is 2.16 bits per heavy atom. The summed E-state index contributed by atoms with van der Waals surface area (Å²) in [6, 6.07) is 3.93. The maximum absolute atomic E-state index is 11.4. The SMILES string of the molecule is CC(=O)c1cc(CN2CCCn3nc(CNS(C)(=O)=O)cc3C2)cs1. The van der Waals surface area contributed by atoms with E-state index in [1.807, 2.05) is 22.2 Å². The van der Waals surface area contributed by atoms with Crippen LogP contribution in [0, 0.1) is 0 Å². The van der Waals surface area contributed by atoms with E-state index in [-0.39, 0.29) is 12.3 Å². The molecule has 1 N–H and O–H groups in total. The minimum Gasteiger partial charge on any atom is -0.294 e. The van der Waals surface area contributed by atoms with Crippen LogP contribution in [0.3, 0.4) is 0 Å². The second-order valence-electron chi connectivity index (χ2n) is 6.38. The fourth-order valence-electron chi connectivity index (χ4n) is 2.92. The van der Waals surface area contributed by atoms with E-state index in [4.69, 9.17) is 0 Å². The highest BCUT2D eigenvalue weighted by Crippen LogP contribution is 2.20. The zero-order valence-electron chi connectivity index (χ0n) is 14.4. The van der Waals surface area contributed by atoms with Crippen LogP contribution in [-0.4, -0.2) is 41.7 Å². The van der Waals surface area contributed by atoms with E-state index in [1.165, 1.54) is 11.3 Å². The van der Waals surface area contributed by atoms with Gasteiger partial charge in [-0.3, -0.25) is 14.4 Å². The fraction of sp³-hybridized carbons (Fsp3) is 0.500. The third-order valence-corrected chi connectivity index (χ3v) is 5.81. The first-order valence-corrected chi connectivity index (χ1v) is 10.9. The zero-order valence-corrected chi connectivity index (χ0v) is 16.0. The van der Waals surface area contributed by atoms with Crippen molar-refractivity contribution in [1.82, 2.24) is 19.4 Å². The molecule has 2 aromatic rings. The number of thiophene rings is 1. The van der Waals surface area contributed by atoms with Crippen molar-refractivity contribution in [2.75, 3.05) is 12.8 Å². The van der Waals surface area contributed by atoms with Crippen molar-refractivity contribution < 1.29 is 13.2 Å². The molecule has 0 saturated carbocycles. The molecule has 1 aliphatic rings. The molecule has 25 heavy (non-hydrogen) atoms. The topological polar surface area (TPSA) is 84.3 Å². The summed E-state index contributed by atoms with van der Waals surface area (Å²) in [7, 11) is -3.22. The van der Waals surface area contributed by atoms with Gasteiger partial charge in [-0.2, -0.15) is 5.10 Å². The molecule has 9 heteroatoms. The molecule has 0 unspecified atom stereocenters. The first kappa shape index (κ1) is 18.2. The standard InChI is InChI=1S/C16H22N4O3S2/c1-12(21)16-6-13(11-24-16)9-19-4-3-5-20-15(10-19)7-14(18-20)8-17-25(2,22)23/h6-7,11,17H,3-5,8-10H2,1-2H3. The molecule has 0 spiro atoms. The van der Waals surface area contributed by atoms with Crippen LogP contribution in [0.4, 0.5) is 0 Å². The van der Waals surface area contributed by atoms with Crippen LogP contribution in [0.5, 0.6) is 0 Å². The maximum Gasteiger partial charge on any atom is 0.209 e. The molecule has 0 saturated heterocycles. The first-order chi connectivity index (χ1) is 11.8. The highest BCUT2D eigenvalue weighted by atomic mass is 32.2. The van der Waals surface area contributed by atoms with Crippen LogP contribution in [0.25, 0.3) is 0 Å². The van der Waals surface area contributed by atoms with Gasteiger partial charge in [-0.1, -0.05) is 0 Å². The predicted octanol–water partition coefficient (Wildman–Crippen LogP) is 1.60. The van der Waals surface area contributed by atoms with Crippen molar-refractivity contribution in [3.8, 4) is 0 Å². The summed E-state index contributed by atoms with van der Waals surface area (Å²) in [6.07, 6.45) is 2.13. The van der Waals surface area contributed by atoms with E-state index in [0.29, 0.717) is 0 Å². The molecule has 0 aliphatic carbocycles. The van der Waals surface area contributed by atoms with Gasteiger partial charge in [0, 0.05) is 26.2 Å². The van der Waals surface area contributed by atoms with Gasteiger partial charge in [-0.05, 0) is 36.4 Å². The summed E-state index contributed by atoms with van der Waals surface area (Å²) in [6.45, 7) is 5.15. The lowest BCUT2D eigenvalue weighted by molar-refractivity contribution is 0.102. The second kappa shape index (κ2) is 7.36. The molecule has 0 fully saturated rings. The van der Waals surface area contributed by atoms with Crippen molar-refractivity contribution in [3.05, 3.63) is 39.3 Å². The number of ketones is 1. The number of nitrogens with one attached hydrogen (secondary N) is 1. The molecule has 0 aromatic carbocycles. The van der Waals surface area contributed by atoms with Crippen LogP contribution in [0.2, 0.25) is 0 Å². The molecule has 3 rings (SSSR count). The van der Waals surface area contributed by atoms with Gasteiger partial charge < -0.3 is 0 Å². The Morgan fingerprint density at radius 1 is 1.36 bits per heavy atom. The van der Waals surface area contributed by atoms with Crippen LogP contribution >= 0.6 is 11.3 Å². The molecular formula is C16H22N4O3S2. The van der Waals surface area contributed by atoms with Gasteiger partial charge in [0.1, 0.15) is 0 Å². The number of hydrogen-bond donors (Lipinski definition) is 1. The zero-order chi connectivity index (χ0) is 18.0. The van der Waals surface area contributed by atoms with Gasteiger partial charge in [0.05, 0.1) is 29.1 Å². The molecule has 136 valence electrons. The van der Waals surface area contributed by atoms with E-state index in [2.05, 4.69) is 14.7 Å². The van der Waals surface area contributed by atoms with Crippen molar-refractivity contribution in [3.63, 3.8) is 0 Å². The normalized spacial score (nSPS) is 15.8. The van der Waals surface area contributed by atoms with E-state index in [9.17, 15) is 13.2 Å². The lowest BCUT2D eigenvalue weighted by Gasteiger charge is -2.18. The van der Waals surface area contributed by atoms with Crippen LogP contribution in [0.15, 0.2) is 17.5 Å². The second-order valence-corrected chi connectivity index (χ2v) is 9.13. The van der Waals surface area contributed by atoms with Crippen LogP contribution < -0.4 is 4.72 Å². The molecule has 0 atom stereocenters. The third-order valence-electron chi connectivity index (χ3n) is 4.07. The minimum absolute atomic E-state index is 0.105. The molecule has 2 aromatic heterocycles. The number of aromatic nitrogens is 2. The molecule has 7 nitrogen and oxygen atoms in total. The van der Waals surface area contributed by atoms with E-state index < -0.39 is 10.0 Å². The smallest absolute Gasteiger partial charge is 0.209 e. The van der Waals surface area contributed by atoms with Crippen molar-refractivity contribution in [2.24, 2.45) is 0 Å². The van der Waals surface area contributed by atoms with Crippen molar-refractivity contribution in [2.45, 2.75) is 39.5 Å². The number of carbonyl (C=O) groups is 1. The summed E-state index contributed by atoms with van der Waals surface area (Å²) in [5, 5.41) is 6.55. The number of hydrogen-bond acceptors (Lipinski definition) is 6. The molecule has 0 radical (unpaired) electrons. The molecule has 3 heterocycles. The molecule has 0 amide bonds. The van der Waals surface area contributed by atoms with E-state index in [0.717, 1.165) is 60.7 Å². The number of rotatable bonds is 6. The Bertz CT molecular complexity index is 870. The van der Waals surface area contributed by atoms with Crippen LogP contribution in [-0.2, 0) is 36.2 Å². The lowest BCUT2D eigenvalue weighted by atomic mass is 10.2. The summed E-state index contributed by atoms with van der Waals surface area (Å²) < 4.78 is 26.9. The number of Topliss-reactive ketones (excluding diaryl/α,β-unsaturated/α-hetero) is 1. The van der Waals surface area contributed by atoms with Gasteiger partial charge in [0.15, 0.2) is 5.78 Å². The summed E-state index contributed by atoms with van der Waals surface area (Å²) in [5.41, 5.74) is 2.98. The van der Waals surface area contributed by atoms with E-state index in [1.54, 1.807) is 6.92 Å². The maximum atomic E-state index is 11.4. The van der Waals surface area contributed by atoms with Crippen molar-refractivity contribution in [1.29, 1.82) is 0 Å². The number of aryl methyl sites for hydroxylation is 1. The number of sulfonamides is 1. The number of fused-ring (bicyclic) bond motifs is 1. The molecule has 0 bridgehead atoms. The summed E-state index contributed by atoms with van der Waals surface area (Å²) in [5.74, 6) is 0.105. The van der Waals surface area contributed by atoms with Crippen LogP contribution in [0.1, 0.15) is 40.0 Å².